The maximum absolute atomic E-state index is 12.6. The number of amides is 2. The second-order valence-electron chi connectivity index (χ2n) is 4.49. The molecule has 0 aliphatic rings. The fourth-order valence-corrected chi connectivity index (χ4v) is 2.33. The van der Waals surface area contributed by atoms with Gasteiger partial charge in [0, 0.05) is 11.9 Å². The third-order valence-electron chi connectivity index (χ3n) is 2.83. The Morgan fingerprint density at radius 1 is 1.32 bits per heavy atom. The lowest BCUT2D eigenvalue weighted by molar-refractivity contribution is -0.137. The molecule has 3 N–H and O–H groups in total. The van der Waals surface area contributed by atoms with E-state index in [1.54, 1.807) is 16.8 Å². The second-order valence-corrected chi connectivity index (χ2v) is 5.27. The quantitative estimate of drug-likeness (QED) is 0.802. The zero-order valence-corrected chi connectivity index (χ0v) is 12.0. The molecule has 2 amide bonds. The summed E-state index contributed by atoms with van der Waals surface area (Å²) in [5.41, 5.74) is -0.145. The number of carbonyl (C=O) groups excluding carboxylic acids is 1. The van der Waals surface area contributed by atoms with Crippen LogP contribution < -0.4 is 10.6 Å². The maximum Gasteiger partial charge on any atom is 0.416 e. The van der Waals surface area contributed by atoms with Gasteiger partial charge in [0.15, 0.2) is 0 Å². The van der Waals surface area contributed by atoms with E-state index in [1.165, 1.54) is 23.5 Å². The van der Waals surface area contributed by atoms with Gasteiger partial charge in [-0.05, 0) is 29.1 Å². The number of aliphatic hydroxyl groups excluding tert-OH is 1. The molecule has 0 aliphatic carbocycles. The van der Waals surface area contributed by atoms with Gasteiger partial charge in [0.05, 0.1) is 17.4 Å². The molecule has 4 nitrogen and oxygen atoms in total. The lowest BCUT2D eigenvalue weighted by Crippen LogP contribution is -2.32. The summed E-state index contributed by atoms with van der Waals surface area (Å²) < 4.78 is 37.8. The Labute approximate surface area is 128 Å². The number of carbonyl (C=O) groups is 1. The molecule has 1 atom stereocenters. The molecule has 8 heteroatoms. The van der Waals surface area contributed by atoms with Gasteiger partial charge in [0.1, 0.15) is 0 Å². The zero-order valence-electron chi connectivity index (χ0n) is 11.2. The topological polar surface area (TPSA) is 61.4 Å². The van der Waals surface area contributed by atoms with Crippen molar-refractivity contribution in [3.63, 3.8) is 0 Å². The highest BCUT2D eigenvalue weighted by atomic mass is 32.1. The minimum Gasteiger partial charge on any atom is -0.387 e. The maximum atomic E-state index is 12.6. The molecule has 0 fully saturated rings. The van der Waals surface area contributed by atoms with Crippen LogP contribution in [-0.2, 0) is 6.18 Å². The monoisotopic (exact) mass is 330 g/mol. The highest BCUT2D eigenvalue weighted by Gasteiger charge is 2.30. The Hall–Kier alpha value is -2.06. The summed E-state index contributed by atoms with van der Waals surface area (Å²) in [6, 6.07) is 5.54. The van der Waals surface area contributed by atoms with E-state index in [2.05, 4.69) is 10.6 Å². The summed E-state index contributed by atoms with van der Waals surface area (Å²) >= 11 is 1.41. The molecule has 0 bridgehead atoms. The minimum absolute atomic E-state index is 0.0886. The van der Waals surface area contributed by atoms with Crippen molar-refractivity contribution in [1.82, 2.24) is 5.32 Å². The van der Waals surface area contributed by atoms with Crippen LogP contribution in [0.5, 0.6) is 0 Å². The number of thiophene rings is 1. The van der Waals surface area contributed by atoms with Gasteiger partial charge >= 0.3 is 12.2 Å². The summed E-state index contributed by atoms with van der Waals surface area (Å²) in [4.78, 5) is 11.6. The number of aliphatic hydroxyl groups is 1. The SMILES string of the molecule is O=C(NCC(O)c1cccc(C(F)(F)F)c1)Nc1ccsc1. The average molecular weight is 330 g/mol. The van der Waals surface area contributed by atoms with Crippen LogP contribution >= 0.6 is 11.3 Å². The third kappa shape index (κ3) is 4.47. The van der Waals surface area contributed by atoms with E-state index in [-0.39, 0.29) is 12.1 Å². The van der Waals surface area contributed by atoms with Crippen molar-refractivity contribution in [2.75, 3.05) is 11.9 Å². The number of halogens is 3. The first-order valence-corrected chi connectivity index (χ1v) is 7.23. The lowest BCUT2D eigenvalue weighted by atomic mass is 10.1. The van der Waals surface area contributed by atoms with Gasteiger partial charge in [-0.25, -0.2) is 4.79 Å². The van der Waals surface area contributed by atoms with Crippen molar-refractivity contribution in [1.29, 1.82) is 0 Å². The number of nitrogens with one attached hydrogen (secondary N) is 2. The van der Waals surface area contributed by atoms with Crippen LogP contribution in [0.4, 0.5) is 23.7 Å². The van der Waals surface area contributed by atoms with Crippen molar-refractivity contribution >= 4 is 23.1 Å². The van der Waals surface area contributed by atoms with Gasteiger partial charge in [-0.2, -0.15) is 24.5 Å². The molecule has 1 aromatic carbocycles. The average Bonchev–Trinajstić information content (AvgIpc) is 2.97. The molecule has 0 radical (unpaired) electrons. The van der Waals surface area contributed by atoms with Crippen molar-refractivity contribution < 1.29 is 23.1 Å². The molecule has 1 aromatic heterocycles. The lowest BCUT2D eigenvalue weighted by Gasteiger charge is -2.14. The molecule has 0 saturated carbocycles. The summed E-state index contributed by atoms with van der Waals surface area (Å²) in [5.74, 6) is 0. The molecule has 1 unspecified atom stereocenters. The Kier molecular flexibility index (Phi) is 5.04. The molecule has 2 aromatic rings. The molecule has 1 heterocycles. The van der Waals surface area contributed by atoms with Gasteiger partial charge in [0.2, 0.25) is 0 Å². The Morgan fingerprint density at radius 2 is 2.09 bits per heavy atom. The fourth-order valence-electron chi connectivity index (χ4n) is 1.74. The van der Waals surface area contributed by atoms with Crippen molar-refractivity contribution in [3.8, 4) is 0 Å². The van der Waals surface area contributed by atoms with Crippen LogP contribution in [0.3, 0.4) is 0 Å². The van der Waals surface area contributed by atoms with Crippen LogP contribution in [0.1, 0.15) is 17.2 Å². The number of rotatable bonds is 4. The molecular weight excluding hydrogens is 317 g/mol. The fraction of sp³-hybridized carbons (Fsp3) is 0.214. The second kappa shape index (κ2) is 6.80. The summed E-state index contributed by atoms with van der Waals surface area (Å²) in [6.45, 7) is -0.197. The summed E-state index contributed by atoms with van der Waals surface area (Å²) in [5, 5.41) is 18.3. The summed E-state index contributed by atoms with van der Waals surface area (Å²) in [6.07, 6.45) is -5.70. The molecule has 0 spiro atoms. The van der Waals surface area contributed by atoms with E-state index in [0.717, 1.165) is 12.1 Å². The molecular formula is C14H13F3N2O2S. The first kappa shape index (κ1) is 16.3. The Morgan fingerprint density at radius 3 is 2.73 bits per heavy atom. The largest absolute Gasteiger partial charge is 0.416 e. The Balaban J connectivity index is 1.92. The van der Waals surface area contributed by atoms with Gasteiger partial charge in [0.25, 0.3) is 0 Å². The molecule has 22 heavy (non-hydrogen) atoms. The molecule has 2 rings (SSSR count). The molecule has 0 saturated heterocycles. The summed E-state index contributed by atoms with van der Waals surface area (Å²) in [7, 11) is 0. The smallest absolute Gasteiger partial charge is 0.387 e. The van der Waals surface area contributed by atoms with E-state index >= 15 is 0 Å². The first-order chi connectivity index (χ1) is 10.4. The highest BCUT2D eigenvalue weighted by molar-refractivity contribution is 7.08. The predicted octanol–water partition coefficient (Wildman–Crippen LogP) is 3.62. The van der Waals surface area contributed by atoms with E-state index < -0.39 is 23.9 Å². The van der Waals surface area contributed by atoms with E-state index in [1.807, 2.05) is 0 Å². The predicted molar refractivity (Wildman–Crippen MR) is 77.7 cm³/mol. The number of anilines is 1. The minimum atomic E-state index is -4.47. The molecule has 118 valence electrons. The first-order valence-electron chi connectivity index (χ1n) is 6.28. The standard InChI is InChI=1S/C14H13F3N2O2S/c15-14(16,17)10-3-1-2-9(6-10)12(20)7-18-13(21)19-11-4-5-22-8-11/h1-6,8,12,20H,7H2,(H2,18,19,21). The van der Waals surface area contributed by atoms with Crippen molar-refractivity contribution in [3.05, 3.63) is 52.2 Å². The highest BCUT2D eigenvalue weighted by Crippen LogP contribution is 2.30. The third-order valence-corrected chi connectivity index (χ3v) is 3.52. The van der Waals surface area contributed by atoms with Crippen LogP contribution in [0.2, 0.25) is 0 Å². The van der Waals surface area contributed by atoms with Crippen LogP contribution in [0.15, 0.2) is 41.1 Å². The number of alkyl halides is 3. The van der Waals surface area contributed by atoms with Crippen LogP contribution in [0, 0.1) is 0 Å². The van der Waals surface area contributed by atoms with Gasteiger partial charge in [-0.3, -0.25) is 0 Å². The normalized spacial score (nSPS) is 12.7. The van der Waals surface area contributed by atoms with Crippen molar-refractivity contribution in [2.24, 2.45) is 0 Å². The number of hydrogen-bond acceptors (Lipinski definition) is 3. The van der Waals surface area contributed by atoms with Gasteiger partial charge in [-0.1, -0.05) is 12.1 Å². The zero-order chi connectivity index (χ0) is 16.2. The number of hydrogen-bond donors (Lipinski definition) is 3. The van der Waals surface area contributed by atoms with Gasteiger partial charge < -0.3 is 15.7 Å². The number of benzene rings is 1. The van der Waals surface area contributed by atoms with E-state index in [0.29, 0.717) is 5.69 Å². The van der Waals surface area contributed by atoms with Crippen molar-refractivity contribution in [2.45, 2.75) is 12.3 Å². The van der Waals surface area contributed by atoms with E-state index in [4.69, 9.17) is 0 Å². The van der Waals surface area contributed by atoms with Crippen LogP contribution in [0.25, 0.3) is 0 Å². The van der Waals surface area contributed by atoms with E-state index in [9.17, 15) is 23.1 Å². The molecule has 0 aliphatic heterocycles. The van der Waals surface area contributed by atoms with Gasteiger partial charge in [-0.15, -0.1) is 0 Å². The Bertz CT molecular complexity index is 629. The number of urea groups is 1. The van der Waals surface area contributed by atoms with Crippen LogP contribution in [-0.4, -0.2) is 17.7 Å².